The van der Waals surface area contributed by atoms with Crippen molar-refractivity contribution in [2.45, 2.75) is 18.2 Å². The van der Waals surface area contributed by atoms with Gasteiger partial charge in [0.15, 0.2) is 0 Å². The van der Waals surface area contributed by atoms with Gasteiger partial charge in [-0.1, -0.05) is 35.9 Å². The first-order valence-electron chi connectivity index (χ1n) is 5.91. The highest BCUT2D eigenvalue weighted by Gasteiger charge is 2.18. The lowest BCUT2D eigenvalue weighted by atomic mass is 10.3. The molecule has 0 aliphatic rings. The molecule has 100 valence electrons. The van der Waals surface area contributed by atoms with Gasteiger partial charge in [0.25, 0.3) is 0 Å². The molecule has 3 nitrogen and oxygen atoms in total. The van der Waals surface area contributed by atoms with Crippen molar-refractivity contribution >= 4 is 31.4 Å². The summed E-state index contributed by atoms with van der Waals surface area (Å²) in [5.74, 6) is -0.0109. The van der Waals surface area contributed by atoms with Crippen LogP contribution in [-0.4, -0.2) is 19.2 Å². The molecule has 0 aliphatic carbocycles. The predicted octanol–water partition coefficient (Wildman–Crippen LogP) is 3.59. The quantitative estimate of drug-likeness (QED) is 0.809. The maximum absolute atomic E-state index is 12.2. The van der Waals surface area contributed by atoms with Gasteiger partial charge in [-0.05, 0) is 26.0 Å². The molecule has 0 amide bonds. The molecule has 0 saturated heterocycles. The Kier molecular flexibility index (Phi) is 4.17. The van der Waals surface area contributed by atoms with Crippen molar-refractivity contribution in [3.63, 3.8) is 0 Å². The lowest BCUT2D eigenvalue weighted by molar-refractivity contribution is 0.598. The molecule has 0 radical (unpaired) electrons. The topological polar surface area (TPSA) is 47.0 Å². The Labute approximate surface area is 117 Å². The van der Waals surface area contributed by atoms with Gasteiger partial charge in [-0.3, -0.25) is 0 Å². The van der Waals surface area contributed by atoms with E-state index in [1.54, 1.807) is 6.08 Å². The summed E-state index contributed by atoms with van der Waals surface area (Å²) in [7, 11) is -3.34. The van der Waals surface area contributed by atoms with Gasteiger partial charge in [-0.15, -0.1) is 11.3 Å². The van der Waals surface area contributed by atoms with Gasteiger partial charge in [0.05, 0.1) is 16.0 Å². The normalized spacial score (nSPS) is 13.5. The molecule has 1 heterocycles. The Morgan fingerprint density at radius 2 is 2.11 bits per heavy atom. The predicted molar refractivity (Wildman–Crippen MR) is 80.2 cm³/mol. The molecule has 0 N–H and O–H groups in total. The number of thiazole rings is 1. The number of benzene rings is 1. The van der Waals surface area contributed by atoms with Gasteiger partial charge >= 0.3 is 0 Å². The monoisotopic (exact) mass is 293 g/mol. The van der Waals surface area contributed by atoms with Crippen LogP contribution in [0.3, 0.4) is 0 Å². The maximum Gasteiger partial charge on any atom is 0.210 e. The molecule has 1 aromatic heterocycles. The molecule has 0 atom stereocenters. The van der Waals surface area contributed by atoms with Crippen molar-refractivity contribution in [2.24, 2.45) is 0 Å². The molecular weight excluding hydrogens is 278 g/mol. The molecule has 0 bridgehead atoms. The molecule has 2 rings (SSSR count). The van der Waals surface area contributed by atoms with E-state index in [0.29, 0.717) is 0 Å². The number of hydrogen-bond donors (Lipinski definition) is 0. The van der Waals surface area contributed by atoms with Gasteiger partial charge in [-0.2, -0.15) is 0 Å². The van der Waals surface area contributed by atoms with Gasteiger partial charge in [-0.25, -0.2) is 13.4 Å². The minimum atomic E-state index is -3.34. The molecule has 0 saturated carbocycles. The molecule has 0 fully saturated rings. The molecule has 0 spiro atoms. The first kappa shape index (κ1) is 14.0. The van der Waals surface area contributed by atoms with E-state index in [4.69, 9.17) is 0 Å². The van der Waals surface area contributed by atoms with Crippen LogP contribution in [0.25, 0.3) is 10.2 Å². The van der Waals surface area contributed by atoms with Gasteiger partial charge < -0.3 is 0 Å². The highest BCUT2D eigenvalue weighted by molar-refractivity contribution is 7.93. The second-order valence-corrected chi connectivity index (χ2v) is 7.42. The average Bonchev–Trinajstić information content (AvgIpc) is 2.81. The van der Waals surface area contributed by atoms with E-state index in [-0.39, 0.29) is 10.1 Å². The van der Waals surface area contributed by atoms with E-state index in [1.165, 1.54) is 11.3 Å². The summed E-state index contributed by atoms with van der Waals surface area (Å²) in [6.07, 6.45) is 5.48. The fourth-order valence-corrected chi connectivity index (χ4v) is 4.17. The van der Waals surface area contributed by atoms with Crippen LogP contribution >= 0.6 is 11.3 Å². The molecule has 5 heteroatoms. The highest BCUT2D eigenvalue weighted by Crippen LogP contribution is 2.25. The van der Waals surface area contributed by atoms with Crippen molar-refractivity contribution in [3.8, 4) is 0 Å². The second-order valence-electron chi connectivity index (χ2n) is 4.18. The average molecular weight is 293 g/mol. The van der Waals surface area contributed by atoms with Gasteiger partial charge in [0.1, 0.15) is 0 Å². The number of fused-ring (bicyclic) bond motifs is 1. The zero-order valence-electron chi connectivity index (χ0n) is 10.8. The number of hydrogen-bond acceptors (Lipinski definition) is 4. The van der Waals surface area contributed by atoms with Crippen LogP contribution in [0.1, 0.15) is 13.8 Å². The third-order valence-corrected chi connectivity index (χ3v) is 5.67. The number of para-hydroxylation sites is 1. The van der Waals surface area contributed by atoms with Gasteiger partial charge in [0.2, 0.25) is 14.2 Å². The minimum absolute atomic E-state index is 0.0109. The molecule has 1 aromatic carbocycles. The lowest BCUT2D eigenvalue weighted by Gasteiger charge is -1.96. The zero-order chi connectivity index (χ0) is 13.9. The number of aromatic nitrogens is 1. The Hall–Kier alpha value is -1.46. The van der Waals surface area contributed by atoms with Crippen LogP contribution in [-0.2, 0) is 9.84 Å². The van der Waals surface area contributed by atoms with Crippen molar-refractivity contribution in [2.75, 3.05) is 5.75 Å². The Morgan fingerprint density at radius 3 is 2.79 bits per heavy atom. The molecule has 2 aromatic rings. The fraction of sp³-hybridized carbons (Fsp3) is 0.214. The third kappa shape index (κ3) is 3.30. The summed E-state index contributed by atoms with van der Waals surface area (Å²) in [6.45, 7) is 3.78. The van der Waals surface area contributed by atoms with Crippen molar-refractivity contribution in [3.05, 3.63) is 48.1 Å². The number of nitrogens with zero attached hydrogens (tertiary/aromatic N) is 1. The van der Waals surface area contributed by atoms with E-state index in [0.717, 1.165) is 15.8 Å². The highest BCUT2D eigenvalue weighted by atomic mass is 32.2. The Morgan fingerprint density at radius 1 is 1.37 bits per heavy atom. The number of allylic oxidation sites excluding steroid dienone is 3. The van der Waals surface area contributed by atoms with Crippen molar-refractivity contribution < 1.29 is 8.42 Å². The third-order valence-electron chi connectivity index (χ3n) is 2.59. The van der Waals surface area contributed by atoms with Crippen LogP contribution in [0.15, 0.2) is 52.4 Å². The van der Waals surface area contributed by atoms with E-state index >= 15 is 0 Å². The molecule has 0 aliphatic heterocycles. The van der Waals surface area contributed by atoms with E-state index in [2.05, 4.69) is 4.98 Å². The minimum Gasteiger partial charge on any atom is -0.225 e. The number of sulfone groups is 1. The van der Waals surface area contributed by atoms with Crippen LogP contribution in [0.5, 0.6) is 0 Å². The summed E-state index contributed by atoms with van der Waals surface area (Å²) < 4.78 is 25.5. The standard InChI is InChI=1S/C14H15NO2S2/c1-3-6-11(2)9-10-19(16,17)14-15-12-7-4-5-8-13(12)18-14/h3-9H,10H2,1-2H3/b6-3+,11-9-. The Balaban J connectivity index is 2.31. The number of rotatable bonds is 4. The fourth-order valence-electron chi connectivity index (χ4n) is 1.63. The first-order valence-corrected chi connectivity index (χ1v) is 8.37. The van der Waals surface area contributed by atoms with Crippen LogP contribution in [0, 0.1) is 0 Å². The molecule has 19 heavy (non-hydrogen) atoms. The van der Waals surface area contributed by atoms with Crippen LogP contribution < -0.4 is 0 Å². The van der Waals surface area contributed by atoms with E-state index in [9.17, 15) is 8.42 Å². The van der Waals surface area contributed by atoms with Crippen molar-refractivity contribution in [1.29, 1.82) is 0 Å². The summed E-state index contributed by atoms with van der Waals surface area (Å²) in [6, 6.07) is 7.44. The van der Waals surface area contributed by atoms with E-state index < -0.39 is 9.84 Å². The first-order chi connectivity index (χ1) is 9.03. The smallest absolute Gasteiger partial charge is 0.210 e. The summed E-state index contributed by atoms with van der Waals surface area (Å²) >= 11 is 1.22. The largest absolute Gasteiger partial charge is 0.225 e. The second kappa shape index (κ2) is 5.67. The summed E-state index contributed by atoms with van der Waals surface area (Å²) in [5, 5.41) is 0. The van der Waals surface area contributed by atoms with E-state index in [1.807, 2.05) is 50.3 Å². The van der Waals surface area contributed by atoms with Crippen LogP contribution in [0.4, 0.5) is 0 Å². The maximum atomic E-state index is 12.2. The molecular formula is C14H15NO2S2. The molecule has 0 unspecified atom stereocenters. The Bertz CT molecular complexity index is 707. The van der Waals surface area contributed by atoms with Gasteiger partial charge in [0, 0.05) is 0 Å². The summed E-state index contributed by atoms with van der Waals surface area (Å²) in [4.78, 5) is 4.19. The van der Waals surface area contributed by atoms with Crippen LogP contribution in [0.2, 0.25) is 0 Å². The SMILES string of the molecule is C/C=C/C(C)=C\CS(=O)(=O)c1nc2ccccc2s1. The van der Waals surface area contributed by atoms with Crippen molar-refractivity contribution in [1.82, 2.24) is 4.98 Å². The summed E-state index contributed by atoms with van der Waals surface area (Å²) in [5.41, 5.74) is 1.67. The lowest BCUT2D eigenvalue weighted by Crippen LogP contribution is -2.04. The zero-order valence-corrected chi connectivity index (χ0v) is 12.5.